The molecule has 0 bridgehead atoms. The van der Waals surface area contributed by atoms with E-state index in [0.717, 1.165) is 36.0 Å². The third kappa shape index (κ3) is 2.51. The lowest BCUT2D eigenvalue weighted by Crippen LogP contribution is -2.19. The normalized spacial score (nSPS) is 15.1. The molecule has 0 spiro atoms. The van der Waals surface area contributed by atoms with Crippen LogP contribution in [0.5, 0.6) is 0 Å². The summed E-state index contributed by atoms with van der Waals surface area (Å²) in [6.45, 7) is 13.0. The molecule has 1 fully saturated rings. The van der Waals surface area contributed by atoms with Gasteiger partial charge in [0.2, 0.25) is 0 Å². The van der Waals surface area contributed by atoms with Crippen LogP contribution < -0.4 is 4.90 Å². The van der Waals surface area contributed by atoms with Gasteiger partial charge in [0, 0.05) is 18.8 Å². The molecule has 2 aromatic heterocycles. The fourth-order valence-electron chi connectivity index (χ4n) is 3.61. The third-order valence-corrected chi connectivity index (χ3v) is 4.63. The van der Waals surface area contributed by atoms with Crippen molar-refractivity contribution in [1.82, 2.24) is 14.8 Å². The summed E-state index contributed by atoms with van der Waals surface area (Å²) in [5.74, 6) is 1.59. The summed E-state index contributed by atoms with van der Waals surface area (Å²) in [7, 11) is 0. The lowest BCUT2D eigenvalue weighted by molar-refractivity contribution is 0.808. The maximum absolute atomic E-state index is 4.82. The van der Waals surface area contributed by atoms with Crippen molar-refractivity contribution < 1.29 is 0 Å². The van der Waals surface area contributed by atoms with Crippen LogP contribution in [0, 0.1) is 20.8 Å². The molecule has 118 valence electrons. The number of hydrogen-bond donors (Lipinski definition) is 0. The number of anilines is 1. The summed E-state index contributed by atoms with van der Waals surface area (Å²) >= 11 is 0. The molecule has 0 aromatic carbocycles. The third-order valence-electron chi connectivity index (χ3n) is 4.63. The van der Waals surface area contributed by atoms with Crippen molar-refractivity contribution >= 4 is 5.82 Å². The zero-order valence-electron chi connectivity index (χ0n) is 14.3. The van der Waals surface area contributed by atoms with Crippen molar-refractivity contribution in [1.29, 1.82) is 0 Å². The molecule has 1 aliphatic heterocycles. The SMILES string of the molecule is Cc1nc(N2CCCC2)ccc1-n1nc(C)c(C(C)C)c1C. The van der Waals surface area contributed by atoms with Gasteiger partial charge in [-0.2, -0.15) is 5.10 Å². The van der Waals surface area contributed by atoms with E-state index in [0.29, 0.717) is 5.92 Å². The average molecular weight is 298 g/mol. The largest absolute Gasteiger partial charge is 0.357 e. The Morgan fingerprint density at radius 3 is 2.23 bits per heavy atom. The fraction of sp³-hybridized carbons (Fsp3) is 0.556. The minimum Gasteiger partial charge on any atom is -0.357 e. The van der Waals surface area contributed by atoms with Crippen molar-refractivity contribution in [3.8, 4) is 5.69 Å². The van der Waals surface area contributed by atoms with E-state index in [1.54, 1.807) is 0 Å². The first-order chi connectivity index (χ1) is 10.5. The minimum atomic E-state index is 0.492. The number of pyridine rings is 1. The Labute approximate surface area is 133 Å². The molecule has 22 heavy (non-hydrogen) atoms. The van der Waals surface area contributed by atoms with E-state index in [-0.39, 0.29) is 0 Å². The first kappa shape index (κ1) is 15.1. The molecule has 4 nitrogen and oxygen atoms in total. The summed E-state index contributed by atoms with van der Waals surface area (Å²) in [5.41, 5.74) is 5.84. The van der Waals surface area contributed by atoms with Crippen LogP contribution in [-0.2, 0) is 0 Å². The zero-order valence-corrected chi connectivity index (χ0v) is 14.3. The predicted molar refractivity (Wildman–Crippen MR) is 91.1 cm³/mol. The van der Waals surface area contributed by atoms with Gasteiger partial charge >= 0.3 is 0 Å². The van der Waals surface area contributed by atoms with Crippen molar-refractivity contribution in [2.24, 2.45) is 0 Å². The monoisotopic (exact) mass is 298 g/mol. The van der Waals surface area contributed by atoms with E-state index in [9.17, 15) is 0 Å². The fourth-order valence-corrected chi connectivity index (χ4v) is 3.61. The summed E-state index contributed by atoms with van der Waals surface area (Å²) in [5, 5.41) is 4.75. The number of aryl methyl sites for hydroxylation is 2. The first-order valence-corrected chi connectivity index (χ1v) is 8.28. The first-order valence-electron chi connectivity index (χ1n) is 8.28. The van der Waals surface area contributed by atoms with Crippen molar-refractivity contribution in [3.63, 3.8) is 0 Å². The molecule has 2 aromatic rings. The molecule has 3 heterocycles. The van der Waals surface area contributed by atoms with Gasteiger partial charge in [-0.05, 0) is 57.2 Å². The van der Waals surface area contributed by atoms with Gasteiger partial charge in [0.15, 0.2) is 0 Å². The number of nitrogens with zero attached hydrogens (tertiary/aromatic N) is 4. The van der Waals surface area contributed by atoms with Gasteiger partial charge < -0.3 is 4.90 Å². The molecule has 0 atom stereocenters. The topological polar surface area (TPSA) is 34.0 Å². The van der Waals surface area contributed by atoms with E-state index >= 15 is 0 Å². The van der Waals surface area contributed by atoms with Gasteiger partial charge in [-0.15, -0.1) is 0 Å². The molecule has 1 saturated heterocycles. The van der Waals surface area contributed by atoms with Crippen LogP contribution in [0.1, 0.15) is 55.3 Å². The van der Waals surface area contributed by atoms with Crippen molar-refractivity contribution in [3.05, 3.63) is 34.8 Å². The van der Waals surface area contributed by atoms with E-state index in [2.05, 4.69) is 56.3 Å². The molecule has 0 N–H and O–H groups in total. The Morgan fingerprint density at radius 2 is 1.68 bits per heavy atom. The Morgan fingerprint density at radius 1 is 1.00 bits per heavy atom. The maximum Gasteiger partial charge on any atom is 0.128 e. The van der Waals surface area contributed by atoms with Crippen LogP contribution in [0.15, 0.2) is 12.1 Å². The smallest absolute Gasteiger partial charge is 0.128 e. The van der Waals surface area contributed by atoms with Crippen LogP contribution >= 0.6 is 0 Å². The predicted octanol–water partition coefficient (Wildman–Crippen LogP) is 3.92. The molecule has 0 amide bonds. The van der Waals surface area contributed by atoms with E-state index < -0.39 is 0 Å². The van der Waals surface area contributed by atoms with Crippen LogP contribution in [0.4, 0.5) is 5.82 Å². The van der Waals surface area contributed by atoms with Crippen LogP contribution in [0.25, 0.3) is 5.69 Å². The molecule has 4 heteroatoms. The highest BCUT2D eigenvalue weighted by atomic mass is 15.3. The van der Waals surface area contributed by atoms with Gasteiger partial charge in [0.05, 0.1) is 17.1 Å². The summed E-state index contributed by atoms with van der Waals surface area (Å²) in [6.07, 6.45) is 2.55. The lowest BCUT2D eigenvalue weighted by atomic mass is 10.0. The molecular formula is C18H26N4. The second-order valence-electron chi connectivity index (χ2n) is 6.62. The highest BCUT2D eigenvalue weighted by Gasteiger charge is 2.18. The molecule has 0 radical (unpaired) electrons. The molecule has 3 rings (SSSR count). The summed E-state index contributed by atoms with van der Waals surface area (Å²) < 4.78 is 2.06. The Balaban J connectivity index is 2.00. The maximum atomic E-state index is 4.82. The highest BCUT2D eigenvalue weighted by molar-refractivity contribution is 5.49. The van der Waals surface area contributed by atoms with E-state index in [4.69, 9.17) is 10.1 Å². The second kappa shape index (κ2) is 5.75. The van der Waals surface area contributed by atoms with Gasteiger partial charge in [-0.3, -0.25) is 0 Å². The molecular weight excluding hydrogens is 272 g/mol. The molecule has 0 unspecified atom stereocenters. The Hall–Kier alpha value is -1.84. The number of aromatic nitrogens is 3. The molecule has 0 saturated carbocycles. The van der Waals surface area contributed by atoms with E-state index in [1.165, 1.54) is 24.1 Å². The van der Waals surface area contributed by atoms with Gasteiger partial charge in [0.25, 0.3) is 0 Å². The van der Waals surface area contributed by atoms with E-state index in [1.807, 2.05) is 0 Å². The van der Waals surface area contributed by atoms with Crippen molar-refractivity contribution in [2.75, 3.05) is 18.0 Å². The quantitative estimate of drug-likeness (QED) is 0.861. The van der Waals surface area contributed by atoms with Gasteiger partial charge in [0.1, 0.15) is 5.82 Å². The van der Waals surface area contributed by atoms with Crippen LogP contribution in [0.2, 0.25) is 0 Å². The minimum absolute atomic E-state index is 0.492. The summed E-state index contributed by atoms with van der Waals surface area (Å²) in [4.78, 5) is 7.19. The van der Waals surface area contributed by atoms with Gasteiger partial charge in [-0.1, -0.05) is 13.8 Å². The highest BCUT2D eigenvalue weighted by Crippen LogP contribution is 2.27. The zero-order chi connectivity index (χ0) is 15.9. The second-order valence-corrected chi connectivity index (χ2v) is 6.62. The molecule has 1 aliphatic rings. The lowest BCUT2D eigenvalue weighted by Gasteiger charge is -2.18. The van der Waals surface area contributed by atoms with Gasteiger partial charge in [-0.25, -0.2) is 9.67 Å². The van der Waals surface area contributed by atoms with Crippen molar-refractivity contribution in [2.45, 2.75) is 53.4 Å². The number of rotatable bonds is 3. The molecule has 0 aliphatic carbocycles. The number of hydrogen-bond acceptors (Lipinski definition) is 3. The Bertz CT molecular complexity index is 679. The summed E-state index contributed by atoms with van der Waals surface area (Å²) in [6, 6.07) is 4.30. The Kier molecular flexibility index (Phi) is 3.94. The average Bonchev–Trinajstić information content (AvgIpc) is 3.07. The van der Waals surface area contributed by atoms with Crippen LogP contribution in [-0.4, -0.2) is 27.9 Å². The van der Waals surface area contributed by atoms with Crippen LogP contribution in [0.3, 0.4) is 0 Å². The standard InChI is InChI=1S/C18H26N4/c1-12(2)18-14(4)20-22(15(18)5)16-8-9-17(19-13(16)3)21-10-6-7-11-21/h8-9,12H,6-7,10-11H2,1-5H3.